The lowest BCUT2D eigenvalue weighted by molar-refractivity contribution is -0.117. The zero-order chi connectivity index (χ0) is 39.0. The van der Waals surface area contributed by atoms with Crippen LogP contribution in [0.2, 0.25) is 0 Å². The van der Waals surface area contributed by atoms with Crippen molar-refractivity contribution in [3.8, 4) is 0 Å². The summed E-state index contributed by atoms with van der Waals surface area (Å²) in [6.07, 6.45) is 6.55. The average Bonchev–Trinajstić information content (AvgIpc) is 3.07. The van der Waals surface area contributed by atoms with Gasteiger partial charge in [0.15, 0.2) is 17.3 Å². The number of Topliss-reactive ketones (excluding diaryl/α,β-unsaturated/α-hetero) is 3. The van der Waals surface area contributed by atoms with Crippen LogP contribution < -0.4 is 0 Å². The Bertz CT molecular complexity index is 1580. The van der Waals surface area contributed by atoms with Gasteiger partial charge in [-0.2, -0.15) is 11.8 Å². The molecule has 0 saturated heterocycles. The lowest BCUT2D eigenvalue weighted by atomic mass is 9.76. The number of aliphatic hydroxyl groups excluding tert-OH is 2. The molecule has 9 nitrogen and oxygen atoms in total. The van der Waals surface area contributed by atoms with E-state index in [1.54, 1.807) is 6.08 Å². The van der Waals surface area contributed by atoms with Crippen LogP contribution in [0, 0.1) is 26.7 Å². The Labute approximate surface area is 320 Å². The summed E-state index contributed by atoms with van der Waals surface area (Å²) in [6, 6.07) is 2.03. The maximum Gasteiger partial charge on any atom is 0.168 e. The zero-order valence-electron chi connectivity index (χ0n) is 32.6. The number of aryl methyl sites for hydroxylation is 2. The third-order valence-electron chi connectivity index (χ3n) is 9.26. The number of halogens is 1. The standard InChI is InChI=1S/C24H33NO4.C17H26ClNO3S/c1-7-10-19(26)23-15(5)11-14(4)22(16(23)6)17-12-20(27)24(21(28)13-17)18(8-2)25-29-9-3;1-4-14(19-22-8-6-7-18)17-15(20)10-13(11-16(17)21)9-12(3)23-5-2/h11,17,27H,7-10,12-13H2,1-6H3;6-7,12-13,20H,4-5,8-11H2,1-3H3/b25-18+;7-6+,19-14+. The Balaban J connectivity index is 0.000000371. The predicted octanol–water partition coefficient (Wildman–Crippen LogP) is 10.5. The van der Waals surface area contributed by atoms with Crippen LogP contribution in [0.3, 0.4) is 0 Å². The van der Waals surface area contributed by atoms with Crippen LogP contribution >= 0.6 is 23.4 Å². The second-order valence-electron chi connectivity index (χ2n) is 13.3. The SMILES string of the molecule is CCCC(=O)c1c(C)cc(C)c(C2CC(=O)C(/C(CC)=N/OCC)=C(O)C2)c1C.CCSC(C)CC1CC(=O)C(/C(CC)=N/OC/C=C/Cl)=C(O)C1. The number of oxime groups is 2. The number of benzene rings is 1. The maximum atomic E-state index is 12.9. The van der Waals surface area contributed by atoms with E-state index < -0.39 is 0 Å². The Hall–Kier alpha value is -3.37. The highest BCUT2D eigenvalue weighted by Gasteiger charge is 2.34. The highest BCUT2D eigenvalue weighted by atomic mass is 35.5. The molecule has 1 aromatic rings. The minimum absolute atomic E-state index is 0.0375. The van der Waals surface area contributed by atoms with Crippen LogP contribution in [0.25, 0.3) is 0 Å². The van der Waals surface area contributed by atoms with Crippen molar-refractivity contribution in [1.29, 1.82) is 0 Å². The molecule has 0 bridgehead atoms. The van der Waals surface area contributed by atoms with Crippen molar-refractivity contribution in [3.05, 3.63) is 68.2 Å². The van der Waals surface area contributed by atoms with Gasteiger partial charge < -0.3 is 19.9 Å². The second-order valence-corrected chi connectivity index (χ2v) is 15.3. The number of hydrogen-bond donors (Lipinski definition) is 2. The molecule has 52 heavy (non-hydrogen) atoms. The number of thioether (sulfide) groups is 1. The largest absolute Gasteiger partial charge is 0.511 e. The minimum Gasteiger partial charge on any atom is -0.511 e. The van der Waals surface area contributed by atoms with E-state index in [2.05, 4.69) is 24.2 Å². The van der Waals surface area contributed by atoms with Crippen LogP contribution in [-0.2, 0) is 19.3 Å². The van der Waals surface area contributed by atoms with E-state index >= 15 is 0 Å². The van der Waals surface area contributed by atoms with E-state index in [-0.39, 0.29) is 53.7 Å². The lowest BCUT2D eigenvalue weighted by Gasteiger charge is -2.28. The Morgan fingerprint density at radius 2 is 1.52 bits per heavy atom. The summed E-state index contributed by atoms with van der Waals surface area (Å²) in [4.78, 5) is 48.3. The molecule has 2 aliphatic rings. The van der Waals surface area contributed by atoms with Gasteiger partial charge in [0.1, 0.15) is 24.7 Å². The molecule has 2 aliphatic carbocycles. The molecule has 2 N–H and O–H groups in total. The first-order valence-electron chi connectivity index (χ1n) is 18.6. The minimum atomic E-state index is -0.148. The molecular formula is C41H59ClN2O7S. The Morgan fingerprint density at radius 1 is 0.923 bits per heavy atom. The molecule has 3 rings (SSSR count). The fourth-order valence-electron chi connectivity index (χ4n) is 7.24. The first-order valence-corrected chi connectivity index (χ1v) is 20.1. The summed E-state index contributed by atoms with van der Waals surface area (Å²) < 4.78 is 0. The van der Waals surface area contributed by atoms with Gasteiger partial charge in [0.2, 0.25) is 0 Å². The van der Waals surface area contributed by atoms with E-state index in [0.29, 0.717) is 73.0 Å². The number of ketones is 3. The normalized spacial score (nSPS) is 19.2. The second kappa shape index (κ2) is 22.6. The molecule has 3 atom stereocenters. The van der Waals surface area contributed by atoms with Crippen LogP contribution in [0.1, 0.15) is 138 Å². The molecular weight excluding hydrogens is 700 g/mol. The van der Waals surface area contributed by atoms with Gasteiger partial charge >= 0.3 is 0 Å². The van der Waals surface area contributed by atoms with E-state index in [9.17, 15) is 24.6 Å². The molecule has 0 amide bonds. The fourth-order valence-corrected chi connectivity index (χ4v) is 8.29. The molecule has 288 valence electrons. The maximum absolute atomic E-state index is 12.9. The molecule has 3 unspecified atom stereocenters. The number of nitrogens with zero attached hydrogens (tertiary/aromatic N) is 2. The highest BCUT2D eigenvalue weighted by molar-refractivity contribution is 7.99. The van der Waals surface area contributed by atoms with Crippen molar-refractivity contribution in [2.45, 2.75) is 131 Å². The Kier molecular flexibility index (Phi) is 19.5. The third-order valence-corrected chi connectivity index (χ3v) is 10.5. The quantitative estimate of drug-likeness (QED) is 0.0694. The average molecular weight is 759 g/mol. The van der Waals surface area contributed by atoms with Crippen molar-refractivity contribution >= 4 is 52.1 Å². The molecule has 0 saturated carbocycles. The molecule has 0 fully saturated rings. The number of allylic oxidation sites excluding steroid dienone is 4. The molecule has 0 aromatic heterocycles. The van der Waals surface area contributed by atoms with E-state index in [1.807, 2.05) is 66.3 Å². The van der Waals surface area contributed by atoms with Gasteiger partial charge in [-0.25, -0.2) is 0 Å². The summed E-state index contributed by atoms with van der Waals surface area (Å²) in [5, 5.41) is 29.6. The number of hydrogen-bond acceptors (Lipinski definition) is 10. The van der Waals surface area contributed by atoms with Crippen LogP contribution in [0.4, 0.5) is 0 Å². The van der Waals surface area contributed by atoms with Gasteiger partial charge in [-0.3, -0.25) is 14.4 Å². The number of rotatable bonds is 17. The van der Waals surface area contributed by atoms with Crippen molar-refractivity contribution < 1.29 is 34.3 Å². The molecule has 0 radical (unpaired) electrons. The lowest BCUT2D eigenvalue weighted by Crippen LogP contribution is -2.26. The number of aliphatic hydroxyl groups is 2. The summed E-state index contributed by atoms with van der Waals surface area (Å²) in [5.74, 6) is 1.32. The monoisotopic (exact) mass is 758 g/mol. The van der Waals surface area contributed by atoms with Gasteiger partial charge in [-0.1, -0.05) is 62.6 Å². The summed E-state index contributed by atoms with van der Waals surface area (Å²) >= 11 is 7.30. The molecule has 1 aromatic carbocycles. The van der Waals surface area contributed by atoms with Crippen LogP contribution in [-0.4, -0.2) is 63.2 Å². The number of carbonyl (C=O) groups is 3. The topological polar surface area (TPSA) is 135 Å². The van der Waals surface area contributed by atoms with Crippen LogP contribution in [0.5, 0.6) is 0 Å². The zero-order valence-corrected chi connectivity index (χ0v) is 34.1. The van der Waals surface area contributed by atoms with Gasteiger partial charge in [0, 0.05) is 48.5 Å². The molecule has 11 heteroatoms. The van der Waals surface area contributed by atoms with Crippen LogP contribution in [0.15, 0.2) is 50.7 Å². The van der Waals surface area contributed by atoms with Gasteiger partial charge in [-0.15, -0.1) is 0 Å². The molecule has 0 spiro atoms. The van der Waals surface area contributed by atoms with E-state index in [4.69, 9.17) is 21.3 Å². The van der Waals surface area contributed by atoms with Crippen molar-refractivity contribution in [2.75, 3.05) is 19.0 Å². The van der Waals surface area contributed by atoms with E-state index in [0.717, 1.165) is 46.4 Å². The van der Waals surface area contributed by atoms with Gasteiger partial charge in [0.25, 0.3) is 0 Å². The molecule has 0 aliphatic heterocycles. The highest BCUT2D eigenvalue weighted by Crippen LogP contribution is 2.39. The van der Waals surface area contributed by atoms with E-state index in [1.165, 1.54) is 5.54 Å². The van der Waals surface area contributed by atoms with Crippen molar-refractivity contribution in [1.82, 2.24) is 0 Å². The van der Waals surface area contributed by atoms with Crippen molar-refractivity contribution in [2.24, 2.45) is 16.2 Å². The summed E-state index contributed by atoms with van der Waals surface area (Å²) in [7, 11) is 0. The van der Waals surface area contributed by atoms with Gasteiger partial charge in [-0.05, 0) is 99.3 Å². The first kappa shape index (κ1) is 44.8. The smallest absolute Gasteiger partial charge is 0.168 e. The number of carbonyl (C=O) groups excluding carboxylic acids is 3. The first-order chi connectivity index (χ1) is 24.8. The fraction of sp³-hybridized carbons (Fsp3) is 0.585. The Morgan fingerprint density at radius 3 is 2.04 bits per heavy atom. The van der Waals surface area contributed by atoms with Gasteiger partial charge in [0.05, 0.1) is 22.6 Å². The third kappa shape index (κ3) is 12.4. The van der Waals surface area contributed by atoms with Crippen molar-refractivity contribution in [3.63, 3.8) is 0 Å². The molecule has 0 heterocycles. The summed E-state index contributed by atoms with van der Waals surface area (Å²) in [5.41, 5.74) is 7.72. The summed E-state index contributed by atoms with van der Waals surface area (Å²) in [6.45, 7) is 18.5. The predicted molar refractivity (Wildman–Crippen MR) is 214 cm³/mol.